The van der Waals surface area contributed by atoms with E-state index >= 15 is 0 Å². The number of carbonyl (C=O) groups is 1. The van der Waals surface area contributed by atoms with E-state index < -0.39 is 0 Å². The number of aromatic amines is 1. The Hall–Kier alpha value is -3.29. The van der Waals surface area contributed by atoms with Gasteiger partial charge < -0.3 is 10.2 Å². The number of hydrogen-bond acceptors (Lipinski definition) is 5. The number of carbonyl (C=O) groups excluding carboxylic acids is 1. The lowest BCUT2D eigenvalue weighted by molar-refractivity contribution is 0.0783. The smallest absolute Gasteiger partial charge is 0.274 e. The van der Waals surface area contributed by atoms with Crippen LogP contribution in [0.1, 0.15) is 64.7 Å². The molecule has 8 heteroatoms. The number of nitrogens with one attached hydrogen (secondary N) is 2. The Labute approximate surface area is 186 Å². The van der Waals surface area contributed by atoms with Gasteiger partial charge in [0.25, 0.3) is 5.91 Å². The van der Waals surface area contributed by atoms with E-state index in [4.69, 9.17) is 4.98 Å². The summed E-state index contributed by atoms with van der Waals surface area (Å²) in [6.07, 6.45) is 7.42. The molecule has 7 nitrogen and oxygen atoms in total. The molecule has 1 atom stereocenters. The summed E-state index contributed by atoms with van der Waals surface area (Å²) < 4.78 is 13.1. The highest BCUT2D eigenvalue weighted by Crippen LogP contribution is 2.31. The zero-order valence-electron chi connectivity index (χ0n) is 18.2. The van der Waals surface area contributed by atoms with Gasteiger partial charge in [-0.15, -0.1) is 0 Å². The normalized spacial score (nSPS) is 18.3. The van der Waals surface area contributed by atoms with Crippen molar-refractivity contribution in [2.75, 3.05) is 18.4 Å². The van der Waals surface area contributed by atoms with Crippen LogP contribution in [0, 0.1) is 12.7 Å². The van der Waals surface area contributed by atoms with E-state index in [1.165, 1.54) is 18.7 Å². The summed E-state index contributed by atoms with van der Waals surface area (Å²) in [6.45, 7) is 3.28. The van der Waals surface area contributed by atoms with E-state index in [2.05, 4.69) is 20.5 Å². The molecular formula is C24H27FN6O. The number of amides is 1. The summed E-state index contributed by atoms with van der Waals surface area (Å²) in [6, 6.07) is 6.91. The zero-order valence-corrected chi connectivity index (χ0v) is 18.2. The van der Waals surface area contributed by atoms with Crippen LogP contribution in [0.25, 0.3) is 0 Å². The molecule has 3 aromatic rings. The molecule has 0 saturated carbocycles. The van der Waals surface area contributed by atoms with Crippen LogP contribution in [0.3, 0.4) is 0 Å². The van der Waals surface area contributed by atoms with Crippen LogP contribution in [0.2, 0.25) is 0 Å². The van der Waals surface area contributed by atoms with Gasteiger partial charge in [-0.2, -0.15) is 5.10 Å². The molecule has 0 spiro atoms. The first-order chi connectivity index (χ1) is 15.6. The van der Waals surface area contributed by atoms with E-state index in [0.717, 1.165) is 60.4 Å². The van der Waals surface area contributed by atoms with Crippen molar-refractivity contribution in [3.05, 3.63) is 64.6 Å². The van der Waals surface area contributed by atoms with Crippen LogP contribution in [-0.2, 0) is 12.8 Å². The van der Waals surface area contributed by atoms with Gasteiger partial charge in [0.15, 0.2) is 5.69 Å². The first-order valence-electron chi connectivity index (χ1n) is 11.3. The molecule has 1 aliphatic heterocycles. The largest absolute Gasteiger partial charge is 0.340 e. The van der Waals surface area contributed by atoms with E-state index in [-0.39, 0.29) is 17.6 Å². The van der Waals surface area contributed by atoms with Gasteiger partial charge in [-0.05, 0) is 63.3 Å². The van der Waals surface area contributed by atoms with Crippen molar-refractivity contribution in [3.63, 3.8) is 0 Å². The number of hydrogen-bond donors (Lipinski definition) is 2. The molecular weight excluding hydrogens is 407 g/mol. The fraction of sp³-hybridized carbons (Fsp3) is 0.417. The topological polar surface area (TPSA) is 86.8 Å². The molecule has 0 radical (unpaired) electrons. The SMILES string of the molecule is Cc1cc(Nc2ccc(F)cn2)cc([C@H]2CCN(C(=O)c3n[nH]c4c3CCCCC4)C2)n1. The Morgan fingerprint density at radius 2 is 2.09 bits per heavy atom. The summed E-state index contributed by atoms with van der Waals surface area (Å²) >= 11 is 0. The number of halogens is 1. The predicted molar refractivity (Wildman–Crippen MR) is 120 cm³/mol. The van der Waals surface area contributed by atoms with Crippen LogP contribution in [-0.4, -0.2) is 44.1 Å². The first kappa shape index (κ1) is 20.6. The van der Waals surface area contributed by atoms with Gasteiger partial charge in [0, 0.05) is 47.3 Å². The van der Waals surface area contributed by atoms with Gasteiger partial charge in [-0.1, -0.05) is 6.42 Å². The van der Waals surface area contributed by atoms with Crippen LogP contribution >= 0.6 is 0 Å². The summed E-state index contributed by atoms with van der Waals surface area (Å²) in [5.41, 5.74) is 5.54. The number of nitrogens with zero attached hydrogens (tertiary/aromatic N) is 4. The van der Waals surface area contributed by atoms with Crippen LogP contribution in [0.15, 0.2) is 30.5 Å². The number of pyridine rings is 2. The van der Waals surface area contributed by atoms with E-state index in [9.17, 15) is 9.18 Å². The predicted octanol–water partition coefficient (Wildman–Crippen LogP) is 4.29. The average Bonchev–Trinajstić information content (AvgIpc) is 3.37. The van der Waals surface area contributed by atoms with Gasteiger partial charge in [0.1, 0.15) is 11.6 Å². The molecule has 166 valence electrons. The number of anilines is 2. The Bertz CT molecular complexity index is 1130. The second-order valence-electron chi connectivity index (χ2n) is 8.74. The van der Waals surface area contributed by atoms with Crippen molar-refractivity contribution in [2.45, 2.75) is 51.4 Å². The molecule has 0 bridgehead atoms. The second-order valence-corrected chi connectivity index (χ2v) is 8.74. The third-order valence-corrected chi connectivity index (χ3v) is 6.38. The molecule has 2 aliphatic rings. The third kappa shape index (κ3) is 4.22. The highest BCUT2D eigenvalue weighted by atomic mass is 19.1. The fourth-order valence-corrected chi connectivity index (χ4v) is 4.74. The molecule has 0 aromatic carbocycles. The van der Waals surface area contributed by atoms with Gasteiger partial charge >= 0.3 is 0 Å². The maximum Gasteiger partial charge on any atom is 0.274 e. The second kappa shape index (κ2) is 8.68. The van der Waals surface area contributed by atoms with Crippen molar-refractivity contribution >= 4 is 17.4 Å². The van der Waals surface area contributed by atoms with E-state index in [1.54, 1.807) is 6.07 Å². The van der Waals surface area contributed by atoms with Crippen LogP contribution in [0.4, 0.5) is 15.9 Å². The van der Waals surface area contributed by atoms with Crippen LogP contribution in [0.5, 0.6) is 0 Å². The van der Waals surface area contributed by atoms with E-state index in [0.29, 0.717) is 24.6 Å². The first-order valence-corrected chi connectivity index (χ1v) is 11.3. The highest BCUT2D eigenvalue weighted by Gasteiger charge is 2.32. The lowest BCUT2D eigenvalue weighted by Crippen LogP contribution is -2.29. The third-order valence-electron chi connectivity index (χ3n) is 6.38. The number of fused-ring (bicyclic) bond motifs is 1. The van der Waals surface area contributed by atoms with Crippen LogP contribution < -0.4 is 5.32 Å². The molecule has 0 unspecified atom stereocenters. The van der Waals surface area contributed by atoms with Crippen molar-refractivity contribution in [1.82, 2.24) is 25.1 Å². The standard InChI is InChI=1S/C24H27FN6O/c1-15-11-18(28-22-8-7-17(25)13-26-22)12-21(27-15)16-9-10-31(14-16)24(32)23-19-5-3-2-4-6-20(19)29-30-23/h7-8,11-13,16H,2-6,9-10,14H2,1H3,(H,29,30)(H,26,27,28)/t16-/m0/s1. The monoisotopic (exact) mass is 434 g/mol. The average molecular weight is 435 g/mol. The van der Waals surface area contributed by atoms with Crippen molar-refractivity contribution in [1.29, 1.82) is 0 Å². The molecule has 1 amide bonds. The molecule has 5 rings (SSSR count). The highest BCUT2D eigenvalue weighted by molar-refractivity contribution is 5.94. The van der Waals surface area contributed by atoms with Crippen molar-refractivity contribution in [3.8, 4) is 0 Å². The minimum atomic E-state index is -0.369. The zero-order chi connectivity index (χ0) is 22.1. The molecule has 3 aromatic heterocycles. The lowest BCUT2D eigenvalue weighted by atomic mass is 10.0. The minimum Gasteiger partial charge on any atom is -0.340 e. The summed E-state index contributed by atoms with van der Waals surface area (Å²) in [7, 11) is 0. The Balaban J connectivity index is 1.31. The summed E-state index contributed by atoms with van der Waals surface area (Å²) in [4.78, 5) is 23.9. The lowest BCUT2D eigenvalue weighted by Gasteiger charge is -2.17. The number of aromatic nitrogens is 4. The molecule has 32 heavy (non-hydrogen) atoms. The minimum absolute atomic E-state index is 0.0217. The number of H-pyrrole nitrogens is 1. The Kier molecular flexibility index (Phi) is 5.59. The van der Waals surface area contributed by atoms with Gasteiger partial charge in [-0.25, -0.2) is 9.37 Å². The number of rotatable bonds is 4. The maximum absolute atomic E-state index is 13.2. The van der Waals surface area contributed by atoms with Gasteiger partial charge in [-0.3, -0.25) is 14.9 Å². The Morgan fingerprint density at radius 3 is 2.94 bits per heavy atom. The fourth-order valence-electron chi connectivity index (χ4n) is 4.74. The van der Waals surface area contributed by atoms with Gasteiger partial charge in [0.05, 0.1) is 6.20 Å². The maximum atomic E-state index is 13.2. The summed E-state index contributed by atoms with van der Waals surface area (Å²) in [5, 5.41) is 10.7. The quantitative estimate of drug-likeness (QED) is 0.598. The molecule has 2 N–H and O–H groups in total. The number of aryl methyl sites for hydroxylation is 2. The molecule has 1 aliphatic carbocycles. The number of likely N-dealkylation sites (tertiary alicyclic amines) is 1. The Morgan fingerprint density at radius 1 is 1.22 bits per heavy atom. The van der Waals surface area contributed by atoms with Gasteiger partial charge in [0.2, 0.25) is 0 Å². The van der Waals surface area contributed by atoms with E-state index in [1.807, 2.05) is 24.0 Å². The molecule has 4 heterocycles. The molecule has 1 saturated heterocycles. The summed E-state index contributed by atoms with van der Waals surface area (Å²) in [5.74, 6) is 0.392. The van der Waals surface area contributed by atoms with Crippen molar-refractivity contribution < 1.29 is 9.18 Å². The molecule has 1 fully saturated rings. The van der Waals surface area contributed by atoms with Crippen molar-refractivity contribution in [2.24, 2.45) is 0 Å².